The van der Waals surface area contributed by atoms with Gasteiger partial charge < -0.3 is 9.84 Å². The molecule has 0 atom stereocenters. The number of nitrogens with one attached hydrogen (secondary N) is 1. The van der Waals surface area contributed by atoms with Crippen molar-refractivity contribution in [3.05, 3.63) is 41.3 Å². The zero-order chi connectivity index (χ0) is 16.5. The van der Waals surface area contributed by atoms with Crippen molar-refractivity contribution in [2.75, 3.05) is 0 Å². The van der Waals surface area contributed by atoms with E-state index in [2.05, 4.69) is 25.0 Å². The first-order chi connectivity index (χ1) is 10.1. The molecule has 22 heavy (non-hydrogen) atoms. The molecule has 0 aliphatic heterocycles. The molecule has 9 heteroatoms. The van der Waals surface area contributed by atoms with E-state index in [9.17, 15) is 18.0 Å². The van der Waals surface area contributed by atoms with Gasteiger partial charge in [-0.3, -0.25) is 4.79 Å². The van der Waals surface area contributed by atoms with Crippen molar-refractivity contribution in [1.82, 2.24) is 20.4 Å². The monoisotopic (exact) mass is 314 g/mol. The Bertz CT molecular complexity index is 681. The van der Waals surface area contributed by atoms with Crippen molar-refractivity contribution in [3.63, 3.8) is 0 Å². The molecular weight excluding hydrogens is 301 g/mol. The van der Waals surface area contributed by atoms with Crippen LogP contribution in [-0.4, -0.2) is 21.0 Å². The lowest BCUT2D eigenvalue weighted by atomic mass is 10.0. The molecule has 0 unspecified atom stereocenters. The fourth-order valence-electron chi connectivity index (χ4n) is 1.81. The van der Waals surface area contributed by atoms with Crippen LogP contribution in [0.3, 0.4) is 0 Å². The Hall–Kier alpha value is -2.45. The summed E-state index contributed by atoms with van der Waals surface area (Å²) in [7, 11) is 0. The molecule has 2 aromatic heterocycles. The van der Waals surface area contributed by atoms with Crippen LogP contribution in [-0.2, 0) is 11.7 Å². The molecule has 0 aliphatic carbocycles. The average molecular weight is 314 g/mol. The number of alkyl halides is 3. The third-order valence-electron chi connectivity index (χ3n) is 2.97. The van der Waals surface area contributed by atoms with Crippen LogP contribution in [0.4, 0.5) is 13.2 Å². The molecule has 0 radical (unpaired) electrons. The molecule has 1 amide bonds. The number of pyridine rings is 1. The van der Waals surface area contributed by atoms with E-state index < -0.39 is 23.3 Å². The third kappa shape index (κ3) is 3.23. The van der Waals surface area contributed by atoms with Crippen LogP contribution in [0.5, 0.6) is 0 Å². The molecule has 2 rings (SSSR count). The number of amides is 1. The summed E-state index contributed by atoms with van der Waals surface area (Å²) >= 11 is 0. The van der Waals surface area contributed by atoms with Crippen molar-refractivity contribution in [1.29, 1.82) is 0 Å². The topological polar surface area (TPSA) is 80.9 Å². The first kappa shape index (κ1) is 15.9. The minimum absolute atomic E-state index is 0.0174. The summed E-state index contributed by atoms with van der Waals surface area (Å²) in [6.07, 6.45) is -3.43. The van der Waals surface area contributed by atoms with Crippen LogP contribution in [0.1, 0.15) is 41.4 Å². The van der Waals surface area contributed by atoms with E-state index in [1.54, 1.807) is 13.8 Å². The van der Waals surface area contributed by atoms with E-state index in [1.807, 2.05) is 0 Å². The van der Waals surface area contributed by atoms with E-state index in [0.717, 1.165) is 18.5 Å². The lowest BCUT2D eigenvalue weighted by Gasteiger charge is -2.22. The molecule has 2 aromatic rings. The summed E-state index contributed by atoms with van der Waals surface area (Å²) in [5.74, 6) is -0.327. The van der Waals surface area contributed by atoms with E-state index in [4.69, 9.17) is 0 Å². The second kappa shape index (κ2) is 5.39. The maximum atomic E-state index is 12.6. The minimum Gasteiger partial charge on any atom is -0.343 e. The number of carbonyl (C=O) groups excluding carboxylic acids is 1. The molecule has 0 saturated heterocycles. The second-order valence-corrected chi connectivity index (χ2v) is 5.16. The number of hydrogen-bond acceptors (Lipinski definition) is 5. The normalized spacial score (nSPS) is 12.3. The van der Waals surface area contributed by atoms with E-state index >= 15 is 0 Å². The summed E-state index contributed by atoms with van der Waals surface area (Å²) in [6, 6.07) is 1.86. The number of aromatic nitrogens is 3. The molecule has 0 aliphatic rings. The SMILES string of the molecule is Cc1nc(C(F)(F)F)ccc1C(=O)NC(C)(C)c1ncon1. The van der Waals surface area contributed by atoms with Crippen molar-refractivity contribution in [2.24, 2.45) is 0 Å². The summed E-state index contributed by atoms with van der Waals surface area (Å²) in [4.78, 5) is 19.5. The van der Waals surface area contributed by atoms with E-state index in [1.165, 1.54) is 6.92 Å². The van der Waals surface area contributed by atoms with Gasteiger partial charge in [-0.05, 0) is 32.9 Å². The highest BCUT2D eigenvalue weighted by atomic mass is 19.4. The molecule has 0 bridgehead atoms. The highest BCUT2D eigenvalue weighted by Crippen LogP contribution is 2.28. The molecule has 0 spiro atoms. The molecular formula is C13H13F3N4O2. The van der Waals surface area contributed by atoms with Crippen LogP contribution in [0.15, 0.2) is 23.0 Å². The quantitative estimate of drug-likeness (QED) is 0.941. The van der Waals surface area contributed by atoms with Crippen LogP contribution < -0.4 is 5.32 Å². The van der Waals surface area contributed by atoms with E-state index in [-0.39, 0.29) is 17.1 Å². The van der Waals surface area contributed by atoms with Crippen LogP contribution in [0.2, 0.25) is 0 Å². The van der Waals surface area contributed by atoms with E-state index in [0.29, 0.717) is 0 Å². The second-order valence-electron chi connectivity index (χ2n) is 5.16. The Morgan fingerprint density at radius 1 is 1.27 bits per heavy atom. The molecule has 0 aromatic carbocycles. The first-order valence-electron chi connectivity index (χ1n) is 6.25. The van der Waals surface area contributed by atoms with Crippen LogP contribution in [0.25, 0.3) is 0 Å². The fourth-order valence-corrected chi connectivity index (χ4v) is 1.81. The number of carbonyl (C=O) groups is 1. The predicted molar refractivity (Wildman–Crippen MR) is 68.8 cm³/mol. The van der Waals surface area contributed by atoms with Gasteiger partial charge in [-0.2, -0.15) is 18.2 Å². The van der Waals surface area contributed by atoms with Crippen molar-refractivity contribution >= 4 is 5.91 Å². The van der Waals surface area contributed by atoms with Gasteiger partial charge in [0.2, 0.25) is 6.39 Å². The molecule has 0 fully saturated rings. The zero-order valence-corrected chi connectivity index (χ0v) is 12.0. The minimum atomic E-state index is -4.55. The number of halogens is 3. The maximum absolute atomic E-state index is 12.6. The Labute approximate surface area is 123 Å². The smallest absolute Gasteiger partial charge is 0.343 e. The lowest BCUT2D eigenvalue weighted by molar-refractivity contribution is -0.141. The zero-order valence-electron chi connectivity index (χ0n) is 12.0. The molecule has 6 nitrogen and oxygen atoms in total. The number of nitrogens with zero attached hydrogens (tertiary/aromatic N) is 3. The summed E-state index contributed by atoms with van der Waals surface area (Å²) < 4.78 is 42.3. The Kier molecular flexibility index (Phi) is 3.90. The van der Waals surface area contributed by atoms with Crippen LogP contribution >= 0.6 is 0 Å². The van der Waals surface area contributed by atoms with Crippen LogP contribution in [0, 0.1) is 6.92 Å². The average Bonchev–Trinajstić information content (AvgIpc) is 2.91. The van der Waals surface area contributed by atoms with Gasteiger partial charge in [-0.1, -0.05) is 5.16 Å². The number of aryl methyl sites for hydroxylation is 1. The van der Waals surface area contributed by atoms with Gasteiger partial charge in [0.1, 0.15) is 5.69 Å². The molecule has 1 N–H and O–H groups in total. The van der Waals surface area contributed by atoms with Gasteiger partial charge in [-0.15, -0.1) is 0 Å². The highest BCUT2D eigenvalue weighted by molar-refractivity contribution is 5.95. The van der Waals surface area contributed by atoms with Gasteiger partial charge >= 0.3 is 6.18 Å². The summed E-state index contributed by atoms with van der Waals surface area (Å²) in [5, 5.41) is 6.27. The highest BCUT2D eigenvalue weighted by Gasteiger charge is 2.34. The lowest BCUT2D eigenvalue weighted by Crippen LogP contribution is -2.42. The predicted octanol–water partition coefficient (Wildman–Crippen LogP) is 2.46. The van der Waals surface area contributed by atoms with Gasteiger partial charge in [0.15, 0.2) is 5.82 Å². The Morgan fingerprint density at radius 2 is 1.95 bits per heavy atom. The summed E-state index contributed by atoms with van der Waals surface area (Å²) in [5.41, 5.74) is -1.96. The Morgan fingerprint density at radius 3 is 2.45 bits per heavy atom. The largest absolute Gasteiger partial charge is 0.433 e. The number of rotatable bonds is 3. The third-order valence-corrected chi connectivity index (χ3v) is 2.97. The van der Waals surface area contributed by atoms with Crippen molar-refractivity contribution in [2.45, 2.75) is 32.5 Å². The van der Waals surface area contributed by atoms with Crippen molar-refractivity contribution in [3.8, 4) is 0 Å². The van der Waals surface area contributed by atoms with Gasteiger partial charge in [-0.25, -0.2) is 4.98 Å². The summed E-state index contributed by atoms with van der Waals surface area (Å²) in [6.45, 7) is 4.62. The molecule has 0 saturated carbocycles. The Balaban J connectivity index is 2.24. The fraction of sp³-hybridized carbons (Fsp3) is 0.385. The van der Waals surface area contributed by atoms with Gasteiger partial charge in [0.25, 0.3) is 5.91 Å². The van der Waals surface area contributed by atoms with Gasteiger partial charge in [0.05, 0.1) is 16.8 Å². The standard InChI is InChI=1S/C13H13F3N4O2/c1-7-8(4-5-9(18-7)13(14,15)16)10(21)19-12(2,3)11-17-6-22-20-11/h4-6H,1-3H3,(H,19,21). The first-order valence-corrected chi connectivity index (χ1v) is 6.25. The molecule has 2 heterocycles. The van der Waals surface area contributed by atoms with Crippen molar-refractivity contribution < 1.29 is 22.5 Å². The molecule has 118 valence electrons. The maximum Gasteiger partial charge on any atom is 0.433 e. The number of hydrogen-bond donors (Lipinski definition) is 1. The van der Waals surface area contributed by atoms with Gasteiger partial charge in [0, 0.05) is 0 Å².